The van der Waals surface area contributed by atoms with Crippen LogP contribution in [-0.2, 0) is 20.9 Å². The smallest absolute Gasteiger partial charge is 0.344 e. The Labute approximate surface area is 144 Å². The van der Waals surface area contributed by atoms with Gasteiger partial charge in [-0.3, -0.25) is 4.79 Å². The molecule has 0 fully saturated rings. The Bertz CT molecular complexity index is 735. The number of halogens is 1. The molecule has 132 valence electrons. The number of amides is 1. The molecule has 0 saturated carbocycles. The van der Waals surface area contributed by atoms with Gasteiger partial charge in [-0.1, -0.05) is 30.3 Å². The number of methoxy groups -OCH3 is 1. The Balaban J connectivity index is 1.71. The molecule has 0 atom stereocenters. The number of nitrogens with one attached hydrogen (secondary N) is 1. The van der Waals surface area contributed by atoms with Crippen LogP contribution in [0.5, 0.6) is 11.5 Å². The molecular formula is C18H18FNO5. The second kappa shape index (κ2) is 9.27. The van der Waals surface area contributed by atoms with Crippen molar-refractivity contribution in [3.63, 3.8) is 0 Å². The van der Waals surface area contributed by atoms with E-state index >= 15 is 0 Å². The van der Waals surface area contributed by atoms with Crippen LogP contribution in [0.3, 0.4) is 0 Å². The summed E-state index contributed by atoms with van der Waals surface area (Å²) in [6, 6.07) is 12.9. The predicted octanol–water partition coefficient (Wildman–Crippen LogP) is 2.07. The van der Waals surface area contributed by atoms with Gasteiger partial charge >= 0.3 is 5.97 Å². The molecule has 0 aromatic heterocycles. The first-order valence-corrected chi connectivity index (χ1v) is 7.51. The van der Waals surface area contributed by atoms with E-state index in [-0.39, 0.29) is 13.2 Å². The van der Waals surface area contributed by atoms with Crippen LogP contribution in [0, 0.1) is 5.82 Å². The molecule has 6 nitrogen and oxygen atoms in total. The topological polar surface area (TPSA) is 73.9 Å². The van der Waals surface area contributed by atoms with Crippen molar-refractivity contribution in [2.45, 2.75) is 6.54 Å². The lowest BCUT2D eigenvalue weighted by atomic mass is 10.2. The molecule has 0 spiro atoms. The largest absolute Gasteiger partial charge is 0.493 e. The molecule has 0 heterocycles. The average Bonchev–Trinajstić information content (AvgIpc) is 2.64. The Morgan fingerprint density at radius 3 is 2.40 bits per heavy atom. The van der Waals surface area contributed by atoms with Gasteiger partial charge in [0.1, 0.15) is 5.82 Å². The zero-order valence-electron chi connectivity index (χ0n) is 13.7. The highest BCUT2D eigenvalue weighted by Crippen LogP contribution is 2.25. The van der Waals surface area contributed by atoms with Crippen molar-refractivity contribution in [1.82, 2.24) is 5.32 Å². The summed E-state index contributed by atoms with van der Waals surface area (Å²) in [7, 11) is 1.49. The molecule has 25 heavy (non-hydrogen) atoms. The number of benzene rings is 2. The standard InChI is InChI=1S/C18H18FNO5/c1-23-15-8-4-5-9-16(15)24-12-18(22)25-11-17(21)20-10-13-6-2-3-7-14(13)19/h2-9H,10-12H2,1H3,(H,20,21). The second-order valence-electron chi connectivity index (χ2n) is 4.97. The van der Waals surface area contributed by atoms with E-state index in [9.17, 15) is 14.0 Å². The summed E-state index contributed by atoms with van der Waals surface area (Å²) in [4.78, 5) is 23.3. The number of carbonyl (C=O) groups excluding carboxylic acids is 2. The minimum absolute atomic E-state index is 0.0147. The quantitative estimate of drug-likeness (QED) is 0.740. The van der Waals surface area contributed by atoms with Crippen LogP contribution in [0.1, 0.15) is 5.56 Å². The van der Waals surface area contributed by atoms with E-state index < -0.39 is 24.3 Å². The van der Waals surface area contributed by atoms with Crippen LogP contribution in [0.15, 0.2) is 48.5 Å². The number of carbonyl (C=O) groups is 2. The Kier molecular flexibility index (Phi) is 6.76. The molecule has 1 N–H and O–H groups in total. The zero-order valence-corrected chi connectivity index (χ0v) is 13.7. The van der Waals surface area contributed by atoms with Gasteiger partial charge in [0.2, 0.25) is 0 Å². The summed E-state index contributed by atoms with van der Waals surface area (Å²) in [5.74, 6) is -0.769. The first kappa shape index (κ1) is 18.3. The van der Waals surface area contributed by atoms with E-state index in [4.69, 9.17) is 14.2 Å². The maximum absolute atomic E-state index is 13.4. The van der Waals surface area contributed by atoms with E-state index in [0.717, 1.165) is 0 Å². The predicted molar refractivity (Wildman–Crippen MR) is 87.7 cm³/mol. The molecule has 0 aliphatic heterocycles. The second-order valence-corrected chi connectivity index (χ2v) is 4.97. The van der Waals surface area contributed by atoms with Crippen LogP contribution in [0.25, 0.3) is 0 Å². The summed E-state index contributed by atoms with van der Waals surface area (Å²) in [5.41, 5.74) is 0.349. The number of para-hydroxylation sites is 2. The normalized spacial score (nSPS) is 10.0. The summed E-state index contributed by atoms with van der Waals surface area (Å²) < 4.78 is 28.6. The number of ether oxygens (including phenoxy) is 3. The molecule has 0 bridgehead atoms. The van der Waals surface area contributed by atoms with Gasteiger partial charge in [0, 0.05) is 12.1 Å². The summed E-state index contributed by atoms with van der Waals surface area (Å²) in [5, 5.41) is 2.47. The monoisotopic (exact) mass is 347 g/mol. The zero-order chi connectivity index (χ0) is 18.1. The fourth-order valence-corrected chi connectivity index (χ4v) is 1.95. The van der Waals surface area contributed by atoms with Gasteiger partial charge in [-0.05, 0) is 18.2 Å². The van der Waals surface area contributed by atoms with Crippen LogP contribution in [0.2, 0.25) is 0 Å². The average molecular weight is 347 g/mol. The van der Waals surface area contributed by atoms with Gasteiger partial charge < -0.3 is 19.5 Å². The molecular weight excluding hydrogens is 329 g/mol. The van der Waals surface area contributed by atoms with Gasteiger partial charge in [-0.25, -0.2) is 9.18 Å². The van der Waals surface area contributed by atoms with E-state index in [1.807, 2.05) is 0 Å². The number of esters is 1. The number of hydrogen-bond donors (Lipinski definition) is 1. The minimum Gasteiger partial charge on any atom is -0.493 e. The number of hydrogen-bond acceptors (Lipinski definition) is 5. The van der Waals surface area contributed by atoms with Crippen LogP contribution >= 0.6 is 0 Å². The van der Waals surface area contributed by atoms with E-state index in [2.05, 4.69) is 5.32 Å². The fraction of sp³-hybridized carbons (Fsp3) is 0.222. The third-order valence-electron chi connectivity index (χ3n) is 3.21. The highest BCUT2D eigenvalue weighted by Gasteiger charge is 2.11. The molecule has 2 rings (SSSR count). The lowest BCUT2D eigenvalue weighted by Crippen LogP contribution is -2.29. The van der Waals surface area contributed by atoms with Gasteiger partial charge in [-0.15, -0.1) is 0 Å². The molecule has 0 unspecified atom stereocenters. The van der Waals surface area contributed by atoms with Crippen LogP contribution in [0.4, 0.5) is 4.39 Å². The molecule has 0 aliphatic rings. The minimum atomic E-state index is -0.702. The SMILES string of the molecule is COc1ccccc1OCC(=O)OCC(=O)NCc1ccccc1F. The van der Waals surface area contributed by atoms with Crippen molar-refractivity contribution in [3.05, 3.63) is 59.9 Å². The van der Waals surface area contributed by atoms with Gasteiger partial charge in [0.25, 0.3) is 5.91 Å². The molecule has 0 saturated heterocycles. The van der Waals surface area contributed by atoms with E-state index in [1.54, 1.807) is 42.5 Å². The van der Waals surface area contributed by atoms with Gasteiger partial charge in [0.15, 0.2) is 24.7 Å². The molecule has 2 aromatic rings. The summed E-state index contributed by atoms with van der Waals surface area (Å²) >= 11 is 0. The lowest BCUT2D eigenvalue weighted by Gasteiger charge is -2.10. The first-order valence-electron chi connectivity index (χ1n) is 7.51. The summed E-state index contributed by atoms with van der Waals surface area (Å²) in [6.45, 7) is -0.815. The maximum atomic E-state index is 13.4. The Hall–Kier alpha value is -3.09. The molecule has 7 heteroatoms. The third-order valence-corrected chi connectivity index (χ3v) is 3.21. The summed E-state index contributed by atoms with van der Waals surface area (Å²) in [6.07, 6.45) is 0. The third kappa shape index (κ3) is 5.80. The Morgan fingerprint density at radius 2 is 1.68 bits per heavy atom. The van der Waals surface area contributed by atoms with Crippen molar-refractivity contribution in [1.29, 1.82) is 0 Å². The van der Waals surface area contributed by atoms with Crippen LogP contribution < -0.4 is 14.8 Å². The van der Waals surface area contributed by atoms with Gasteiger partial charge in [0.05, 0.1) is 7.11 Å². The maximum Gasteiger partial charge on any atom is 0.344 e. The van der Waals surface area contributed by atoms with Crippen molar-refractivity contribution >= 4 is 11.9 Å². The lowest BCUT2D eigenvalue weighted by molar-refractivity contribution is -0.150. The van der Waals surface area contributed by atoms with Gasteiger partial charge in [-0.2, -0.15) is 0 Å². The molecule has 0 radical (unpaired) electrons. The van der Waals surface area contributed by atoms with Crippen molar-refractivity contribution in [2.24, 2.45) is 0 Å². The van der Waals surface area contributed by atoms with Crippen molar-refractivity contribution in [2.75, 3.05) is 20.3 Å². The molecule has 2 aromatic carbocycles. The molecule has 0 aliphatic carbocycles. The van der Waals surface area contributed by atoms with E-state index in [0.29, 0.717) is 17.1 Å². The van der Waals surface area contributed by atoms with E-state index in [1.165, 1.54) is 13.2 Å². The highest BCUT2D eigenvalue weighted by atomic mass is 19.1. The highest BCUT2D eigenvalue weighted by molar-refractivity contribution is 5.80. The molecule has 1 amide bonds. The fourth-order valence-electron chi connectivity index (χ4n) is 1.95. The van der Waals surface area contributed by atoms with Crippen molar-refractivity contribution in [3.8, 4) is 11.5 Å². The number of rotatable bonds is 8. The Morgan fingerprint density at radius 1 is 1.00 bits per heavy atom. The first-order chi connectivity index (χ1) is 12.1. The van der Waals surface area contributed by atoms with Crippen molar-refractivity contribution < 1.29 is 28.2 Å². The van der Waals surface area contributed by atoms with Crippen LogP contribution in [-0.4, -0.2) is 32.2 Å².